The van der Waals surface area contributed by atoms with Crippen LogP contribution in [0, 0.1) is 0 Å². The molecule has 0 aliphatic rings. The van der Waals surface area contributed by atoms with E-state index in [-0.39, 0.29) is 11.8 Å². The van der Waals surface area contributed by atoms with E-state index in [0.717, 1.165) is 22.4 Å². The van der Waals surface area contributed by atoms with E-state index in [2.05, 4.69) is 10.6 Å². The summed E-state index contributed by atoms with van der Waals surface area (Å²) in [6.07, 6.45) is 2.07. The molecule has 2 amide bonds. The molecular formula is C28H28N4O3. The van der Waals surface area contributed by atoms with E-state index in [0.29, 0.717) is 37.3 Å². The number of nitrogens with zero attached hydrogens (tertiary/aromatic N) is 2. The molecule has 0 saturated carbocycles. The van der Waals surface area contributed by atoms with Crippen molar-refractivity contribution in [3.8, 4) is 17.0 Å². The van der Waals surface area contributed by atoms with Crippen molar-refractivity contribution in [2.45, 2.75) is 13.0 Å². The van der Waals surface area contributed by atoms with Gasteiger partial charge in [0.25, 0.3) is 5.91 Å². The maximum atomic E-state index is 13.1. The molecule has 0 fully saturated rings. The van der Waals surface area contributed by atoms with Crippen LogP contribution >= 0.6 is 0 Å². The molecule has 2 N–H and O–H groups in total. The summed E-state index contributed by atoms with van der Waals surface area (Å²) in [7, 11) is 1.61. The first-order valence-corrected chi connectivity index (χ1v) is 11.5. The standard InChI is InChI=1S/C28H28N4O3/c1-35-24-14-12-23(13-15-24)27-25(20-32(31-27)19-22-10-6-3-7-11-22)28(34)30-17-16-29-26(33)18-21-8-4-2-5-9-21/h2-15,20H,16-19H2,1H3,(H,29,33)(H,30,34). The quantitative estimate of drug-likeness (QED) is 0.348. The molecule has 0 bridgehead atoms. The van der Waals surface area contributed by atoms with Crippen LogP contribution in [-0.4, -0.2) is 41.8 Å². The average Bonchev–Trinajstić information content (AvgIpc) is 3.31. The predicted octanol–water partition coefficient (Wildman–Crippen LogP) is 3.70. The lowest BCUT2D eigenvalue weighted by Crippen LogP contribution is -2.35. The highest BCUT2D eigenvalue weighted by atomic mass is 16.5. The minimum atomic E-state index is -0.243. The molecule has 7 nitrogen and oxygen atoms in total. The zero-order valence-corrected chi connectivity index (χ0v) is 19.6. The highest BCUT2D eigenvalue weighted by Gasteiger charge is 2.18. The molecule has 0 aliphatic heterocycles. The minimum absolute atomic E-state index is 0.0833. The monoisotopic (exact) mass is 468 g/mol. The van der Waals surface area contributed by atoms with Gasteiger partial charge in [0.15, 0.2) is 0 Å². The number of carbonyl (C=O) groups excluding carboxylic acids is 2. The molecule has 3 aromatic carbocycles. The van der Waals surface area contributed by atoms with Crippen LogP contribution in [0.4, 0.5) is 0 Å². The molecule has 7 heteroatoms. The van der Waals surface area contributed by atoms with E-state index >= 15 is 0 Å². The van der Waals surface area contributed by atoms with Crippen molar-refractivity contribution in [1.29, 1.82) is 0 Å². The smallest absolute Gasteiger partial charge is 0.255 e. The molecule has 4 aromatic rings. The van der Waals surface area contributed by atoms with Gasteiger partial charge in [-0.1, -0.05) is 60.7 Å². The molecule has 1 aromatic heterocycles. The Hall–Kier alpha value is -4.39. The normalized spacial score (nSPS) is 10.5. The molecule has 0 radical (unpaired) electrons. The van der Waals surface area contributed by atoms with Gasteiger partial charge in [0.1, 0.15) is 11.4 Å². The Morgan fingerprint density at radius 2 is 1.46 bits per heavy atom. The first-order chi connectivity index (χ1) is 17.1. The van der Waals surface area contributed by atoms with Crippen molar-refractivity contribution in [1.82, 2.24) is 20.4 Å². The van der Waals surface area contributed by atoms with Crippen molar-refractivity contribution in [2.75, 3.05) is 20.2 Å². The Kier molecular flexibility index (Phi) is 7.91. The molecule has 1 heterocycles. The number of hydrogen-bond donors (Lipinski definition) is 2. The lowest BCUT2D eigenvalue weighted by molar-refractivity contribution is -0.120. The van der Waals surface area contributed by atoms with E-state index in [1.807, 2.05) is 84.9 Å². The summed E-state index contributed by atoms with van der Waals surface area (Å²) in [5.41, 5.74) is 3.92. The van der Waals surface area contributed by atoms with Crippen LogP contribution in [0.3, 0.4) is 0 Å². The second-order valence-corrected chi connectivity index (χ2v) is 8.07. The molecule has 0 unspecified atom stereocenters. The number of benzene rings is 3. The minimum Gasteiger partial charge on any atom is -0.497 e. The van der Waals surface area contributed by atoms with Crippen molar-refractivity contribution < 1.29 is 14.3 Å². The largest absolute Gasteiger partial charge is 0.497 e. The number of ether oxygens (including phenoxy) is 1. The second kappa shape index (κ2) is 11.7. The summed E-state index contributed by atoms with van der Waals surface area (Å²) in [5, 5.41) is 10.4. The summed E-state index contributed by atoms with van der Waals surface area (Å²) in [5.74, 6) is 0.405. The van der Waals surface area contributed by atoms with Crippen molar-refractivity contribution in [3.63, 3.8) is 0 Å². The summed E-state index contributed by atoms with van der Waals surface area (Å²) >= 11 is 0. The lowest BCUT2D eigenvalue weighted by Gasteiger charge is -2.08. The lowest BCUT2D eigenvalue weighted by atomic mass is 10.1. The van der Waals surface area contributed by atoms with Gasteiger partial charge >= 0.3 is 0 Å². The first kappa shape index (κ1) is 23.8. The van der Waals surface area contributed by atoms with Gasteiger partial charge in [0.2, 0.25) is 5.91 Å². The van der Waals surface area contributed by atoms with Crippen LogP contribution in [0.1, 0.15) is 21.5 Å². The Labute approximate surface area is 204 Å². The van der Waals surface area contributed by atoms with E-state index < -0.39 is 0 Å². The topological polar surface area (TPSA) is 85.2 Å². The fourth-order valence-corrected chi connectivity index (χ4v) is 3.72. The van der Waals surface area contributed by atoms with Gasteiger partial charge < -0.3 is 15.4 Å². The summed E-state index contributed by atoms with van der Waals surface area (Å²) in [4.78, 5) is 25.2. The number of hydrogen-bond acceptors (Lipinski definition) is 4. The number of rotatable bonds is 10. The van der Waals surface area contributed by atoms with E-state index in [9.17, 15) is 9.59 Å². The SMILES string of the molecule is COc1ccc(-c2nn(Cc3ccccc3)cc2C(=O)NCCNC(=O)Cc2ccccc2)cc1. The average molecular weight is 469 g/mol. The van der Waals surface area contributed by atoms with Gasteiger partial charge in [0, 0.05) is 24.8 Å². The molecular weight excluding hydrogens is 440 g/mol. The highest BCUT2D eigenvalue weighted by molar-refractivity contribution is 5.99. The Morgan fingerprint density at radius 3 is 2.11 bits per heavy atom. The number of methoxy groups -OCH3 is 1. The predicted molar refractivity (Wildman–Crippen MR) is 135 cm³/mol. The van der Waals surface area contributed by atoms with E-state index in [4.69, 9.17) is 9.84 Å². The van der Waals surface area contributed by atoms with Crippen LogP contribution < -0.4 is 15.4 Å². The van der Waals surface area contributed by atoms with Crippen LogP contribution in [-0.2, 0) is 17.8 Å². The fraction of sp³-hybridized carbons (Fsp3) is 0.179. The Morgan fingerprint density at radius 1 is 0.829 bits per heavy atom. The van der Waals surface area contributed by atoms with Crippen LogP contribution in [0.25, 0.3) is 11.3 Å². The highest BCUT2D eigenvalue weighted by Crippen LogP contribution is 2.25. The van der Waals surface area contributed by atoms with Crippen molar-refractivity contribution in [2.24, 2.45) is 0 Å². The number of amides is 2. The molecule has 178 valence electrons. The molecule has 0 atom stereocenters. The van der Waals surface area contributed by atoms with Gasteiger partial charge in [-0.2, -0.15) is 5.10 Å². The Bertz CT molecular complexity index is 1250. The van der Waals surface area contributed by atoms with Gasteiger partial charge in [-0.3, -0.25) is 14.3 Å². The molecule has 0 aliphatic carbocycles. The molecule has 4 rings (SSSR count). The number of carbonyl (C=O) groups is 2. The fourth-order valence-electron chi connectivity index (χ4n) is 3.72. The molecule has 0 saturated heterocycles. The Balaban J connectivity index is 1.42. The summed E-state index contributed by atoms with van der Waals surface area (Å²) in [6, 6.07) is 27.0. The maximum absolute atomic E-state index is 13.1. The summed E-state index contributed by atoms with van der Waals surface area (Å²) < 4.78 is 7.02. The van der Waals surface area contributed by atoms with Gasteiger partial charge in [-0.05, 0) is 35.4 Å². The zero-order chi connectivity index (χ0) is 24.5. The van der Waals surface area contributed by atoms with Crippen LogP contribution in [0.15, 0.2) is 91.1 Å². The van der Waals surface area contributed by atoms with Crippen LogP contribution in [0.2, 0.25) is 0 Å². The van der Waals surface area contributed by atoms with Gasteiger partial charge in [-0.15, -0.1) is 0 Å². The van der Waals surface area contributed by atoms with Gasteiger partial charge in [0.05, 0.1) is 25.6 Å². The third-order valence-corrected chi connectivity index (χ3v) is 5.50. The number of aromatic nitrogens is 2. The first-order valence-electron chi connectivity index (χ1n) is 11.5. The zero-order valence-electron chi connectivity index (χ0n) is 19.6. The summed E-state index contributed by atoms with van der Waals surface area (Å²) in [6.45, 7) is 1.20. The molecule has 35 heavy (non-hydrogen) atoms. The number of nitrogens with one attached hydrogen (secondary N) is 2. The van der Waals surface area contributed by atoms with E-state index in [1.165, 1.54) is 0 Å². The van der Waals surface area contributed by atoms with E-state index in [1.54, 1.807) is 18.0 Å². The second-order valence-electron chi connectivity index (χ2n) is 8.07. The van der Waals surface area contributed by atoms with Crippen molar-refractivity contribution in [3.05, 3.63) is 108 Å². The third-order valence-electron chi connectivity index (χ3n) is 5.50. The van der Waals surface area contributed by atoms with Crippen molar-refractivity contribution >= 4 is 11.8 Å². The van der Waals surface area contributed by atoms with Gasteiger partial charge in [-0.25, -0.2) is 0 Å². The maximum Gasteiger partial charge on any atom is 0.255 e. The van der Waals surface area contributed by atoms with Crippen LogP contribution in [0.5, 0.6) is 5.75 Å². The molecule has 0 spiro atoms. The third kappa shape index (κ3) is 6.57.